The molecule has 1 heterocycles. The lowest BCUT2D eigenvalue weighted by Crippen LogP contribution is -2.31. The summed E-state index contributed by atoms with van der Waals surface area (Å²) < 4.78 is 6.86. The quantitative estimate of drug-likeness (QED) is 0.710. The topological polar surface area (TPSA) is 73.3 Å². The van der Waals surface area contributed by atoms with E-state index in [0.29, 0.717) is 13.0 Å². The number of rotatable bonds is 7. The number of ether oxygens (including phenoxy) is 1. The van der Waals surface area contributed by atoms with Crippen molar-refractivity contribution in [2.24, 2.45) is 5.73 Å². The van der Waals surface area contributed by atoms with E-state index in [4.69, 9.17) is 10.5 Å². The first-order chi connectivity index (χ1) is 7.66. The molecule has 3 N–H and O–H groups in total. The molecule has 5 nitrogen and oxygen atoms in total. The summed E-state index contributed by atoms with van der Waals surface area (Å²) in [7, 11) is 1.58. The van der Waals surface area contributed by atoms with Gasteiger partial charge < -0.3 is 15.6 Å². The van der Waals surface area contributed by atoms with Crippen LogP contribution in [0.4, 0.5) is 0 Å². The van der Waals surface area contributed by atoms with Crippen molar-refractivity contribution in [3.05, 3.63) is 18.0 Å². The van der Waals surface area contributed by atoms with E-state index in [0.717, 1.165) is 18.5 Å². The highest BCUT2D eigenvalue weighted by molar-refractivity contribution is 5.15. The van der Waals surface area contributed by atoms with E-state index in [1.807, 2.05) is 13.1 Å². The highest BCUT2D eigenvalue weighted by Crippen LogP contribution is 2.26. The second kappa shape index (κ2) is 5.98. The lowest BCUT2D eigenvalue weighted by molar-refractivity contribution is -0.0430. The van der Waals surface area contributed by atoms with Crippen molar-refractivity contribution in [1.29, 1.82) is 0 Å². The van der Waals surface area contributed by atoms with E-state index < -0.39 is 5.60 Å². The van der Waals surface area contributed by atoms with E-state index in [1.54, 1.807) is 18.0 Å². The molecule has 0 aliphatic carbocycles. The molecule has 1 aromatic heterocycles. The Morgan fingerprint density at radius 3 is 2.88 bits per heavy atom. The van der Waals surface area contributed by atoms with Crippen LogP contribution in [0.25, 0.3) is 0 Å². The lowest BCUT2D eigenvalue weighted by Gasteiger charge is -2.26. The Kier molecular flexibility index (Phi) is 4.92. The number of aryl methyl sites for hydroxylation is 1. The minimum Gasteiger partial charge on any atom is -0.383 e. The third-order valence-corrected chi connectivity index (χ3v) is 2.67. The summed E-state index contributed by atoms with van der Waals surface area (Å²) >= 11 is 0. The average molecular weight is 227 g/mol. The highest BCUT2D eigenvalue weighted by Gasteiger charge is 2.30. The maximum Gasteiger partial charge on any atom is 0.116 e. The van der Waals surface area contributed by atoms with Gasteiger partial charge in [0.05, 0.1) is 12.8 Å². The Morgan fingerprint density at radius 2 is 2.38 bits per heavy atom. The Morgan fingerprint density at radius 1 is 1.62 bits per heavy atom. The van der Waals surface area contributed by atoms with Gasteiger partial charge in [0.25, 0.3) is 0 Å². The number of hydrogen-bond acceptors (Lipinski definition) is 4. The monoisotopic (exact) mass is 227 g/mol. The van der Waals surface area contributed by atoms with Gasteiger partial charge in [0.1, 0.15) is 5.60 Å². The van der Waals surface area contributed by atoms with Gasteiger partial charge >= 0.3 is 0 Å². The Hall–Kier alpha value is -0.910. The van der Waals surface area contributed by atoms with Crippen molar-refractivity contribution >= 4 is 0 Å². The van der Waals surface area contributed by atoms with Crippen LogP contribution in [-0.2, 0) is 16.9 Å². The molecular formula is C11H21N3O2. The zero-order chi connectivity index (χ0) is 12.0. The summed E-state index contributed by atoms with van der Waals surface area (Å²) in [6, 6.07) is 0. The average Bonchev–Trinajstić information content (AvgIpc) is 2.76. The van der Waals surface area contributed by atoms with Gasteiger partial charge in [0.15, 0.2) is 0 Å². The zero-order valence-electron chi connectivity index (χ0n) is 10.0. The molecule has 1 rings (SSSR count). The summed E-state index contributed by atoms with van der Waals surface area (Å²) in [4.78, 5) is 0. The van der Waals surface area contributed by atoms with Gasteiger partial charge in [-0.25, -0.2) is 0 Å². The molecule has 0 aliphatic heterocycles. The van der Waals surface area contributed by atoms with Crippen LogP contribution in [0.15, 0.2) is 12.4 Å². The molecule has 92 valence electrons. The van der Waals surface area contributed by atoms with E-state index >= 15 is 0 Å². The first-order valence-corrected chi connectivity index (χ1v) is 5.60. The molecule has 0 saturated heterocycles. The SMILES string of the molecule is CCn1cc(C(O)(CCCN)COC)cn1. The molecule has 16 heavy (non-hydrogen) atoms. The van der Waals surface area contributed by atoms with Crippen molar-refractivity contribution < 1.29 is 9.84 Å². The molecule has 1 atom stereocenters. The maximum atomic E-state index is 10.5. The number of methoxy groups -OCH3 is 1. The number of nitrogens with zero attached hydrogens (tertiary/aromatic N) is 2. The largest absolute Gasteiger partial charge is 0.383 e. The van der Waals surface area contributed by atoms with E-state index in [9.17, 15) is 5.11 Å². The Bertz CT molecular complexity index is 314. The second-order valence-corrected chi connectivity index (χ2v) is 3.94. The predicted octanol–water partition coefficient (Wildman–Crippen LogP) is 0.476. The van der Waals surface area contributed by atoms with Crippen LogP contribution in [0.2, 0.25) is 0 Å². The van der Waals surface area contributed by atoms with Crippen molar-refractivity contribution in [2.45, 2.75) is 31.9 Å². The van der Waals surface area contributed by atoms with Gasteiger partial charge in [0, 0.05) is 25.4 Å². The third kappa shape index (κ3) is 3.04. The summed E-state index contributed by atoms with van der Waals surface area (Å²) in [6.45, 7) is 3.63. The van der Waals surface area contributed by atoms with E-state index in [-0.39, 0.29) is 6.61 Å². The fraction of sp³-hybridized carbons (Fsp3) is 0.727. The molecule has 1 unspecified atom stereocenters. The number of nitrogens with two attached hydrogens (primary N) is 1. The van der Waals surface area contributed by atoms with E-state index in [2.05, 4.69) is 5.10 Å². The van der Waals surface area contributed by atoms with Crippen LogP contribution in [0.5, 0.6) is 0 Å². The Balaban J connectivity index is 2.82. The van der Waals surface area contributed by atoms with Gasteiger partial charge in [-0.05, 0) is 26.3 Å². The van der Waals surface area contributed by atoms with Gasteiger partial charge in [-0.1, -0.05) is 0 Å². The second-order valence-electron chi connectivity index (χ2n) is 3.94. The predicted molar refractivity (Wildman–Crippen MR) is 62.0 cm³/mol. The van der Waals surface area contributed by atoms with Gasteiger partial charge in [-0.2, -0.15) is 5.10 Å². The minimum atomic E-state index is -0.971. The van der Waals surface area contributed by atoms with Crippen LogP contribution in [0.3, 0.4) is 0 Å². The molecule has 1 aromatic rings. The summed E-state index contributed by atoms with van der Waals surface area (Å²) in [5, 5.41) is 14.6. The fourth-order valence-corrected chi connectivity index (χ4v) is 1.71. The summed E-state index contributed by atoms with van der Waals surface area (Å²) in [5.74, 6) is 0. The maximum absolute atomic E-state index is 10.5. The third-order valence-electron chi connectivity index (χ3n) is 2.67. The first kappa shape index (κ1) is 13.2. The van der Waals surface area contributed by atoms with Gasteiger partial charge in [-0.15, -0.1) is 0 Å². The summed E-state index contributed by atoms with van der Waals surface area (Å²) in [6.07, 6.45) is 4.90. The van der Waals surface area contributed by atoms with E-state index in [1.165, 1.54) is 0 Å². The van der Waals surface area contributed by atoms with Crippen LogP contribution >= 0.6 is 0 Å². The lowest BCUT2D eigenvalue weighted by atomic mass is 9.92. The zero-order valence-corrected chi connectivity index (χ0v) is 10.0. The fourth-order valence-electron chi connectivity index (χ4n) is 1.71. The molecule has 0 radical (unpaired) electrons. The van der Waals surface area contributed by atoms with Crippen LogP contribution < -0.4 is 5.73 Å². The van der Waals surface area contributed by atoms with Crippen LogP contribution in [0.1, 0.15) is 25.3 Å². The van der Waals surface area contributed by atoms with Crippen molar-refractivity contribution in [1.82, 2.24) is 9.78 Å². The molecule has 5 heteroatoms. The standard InChI is InChI=1S/C11H21N3O2/c1-3-14-8-10(7-13-14)11(15,9-16-2)5-4-6-12/h7-8,15H,3-6,9,12H2,1-2H3. The number of aromatic nitrogens is 2. The highest BCUT2D eigenvalue weighted by atomic mass is 16.5. The Labute approximate surface area is 96.2 Å². The molecule has 0 aliphatic rings. The van der Waals surface area contributed by atoms with Crippen molar-refractivity contribution in [3.8, 4) is 0 Å². The molecule has 0 amide bonds. The smallest absolute Gasteiger partial charge is 0.116 e. The van der Waals surface area contributed by atoms with Crippen LogP contribution in [0, 0.1) is 0 Å². The van der Waals surface area contributed by atoms with Crippen molar-refractivity contribution in [3.63, 3.8) is 0 Å². The molecule has 0 saturated carbocycles. The van der Waals surface area contributed by atoms with Gasteiger partial charge in [-0.3, -0.25) is 4.68 Å². The molecular weight excluding hydrogens is 206 g/mol. The van der Waals surface area contributed by atoms with Crippen LogP contribution in [-0.4, -0.2) is 35.1 Å². The molecule has 0 fully saturated rings. The normalized spacial score (nSPS) is 15.0. The van der Waals surface area contributed by atoms with Gasteiger partial charge in [0.2, 0.25) is 0 Å². The molecule has 0 spiro atoms. The number of aliphatic hydroxyl groups is 1. The number of hydrogen-bond donors (Lipinski definition) is 2. The molecule has 0 bridgehead atoms. The summed E-state index contributed by atoms with van der Waals surface area (Å²) in [5.41, 5.74) is 5.29. The van der Waals surface area contributed by atoms with Crippen molar-refractivity contribution in [2.75, 3.05) is 20.3 Å². The minimum absolute atomic E-state index is 0.266. The first-order valence-electron chi connectivity index (χ1n) is 5.60. The molecule has 0 aromatic carbocycles.